The lowest BCUT2D eigenvalue weighted by molar-refractivity contribution is 0.693. The first-order valence-electron chi connectivity index (χ1n) is 5.52. The van der Waals surface area contributed by atoms with Crippen molar-refractivity contribution in [3.8, 4) is 0 Å². The van der Waals surface area contributed by atoms with Crippen LogP contribution in [0.1, 0.15) is 11.4 Å². The van der Waals surface area contributed by atoms with Gasteiger partial charge in [0.25, 0.3) is 0 Å². The van der Waals surface area contributed by atoms with E-state index in [2.05, 4.69) is 15.4 Å². The van der Waals surface area contributed by atoms with Crippen molar-refractivity contribution in [2.24, 2.45) is 7.05 Å². The maximum Gasteiger partial charge on any atom is 0.242 e. The quantitative estimate of drug-likeness (QED) is 0.906. The highest BCUT2D eigenvalue weighted by Crippen LogP contribution is 2.17. The molecule has 4 nitrogen and oxygen atoms in total. The summed E-state index contributed by atoms with van der Waals surface area (Å²) in [5.41, 5.74) is 1.14. The highest BCUT2D eigenvalue weighted by molar-refractivity contribution is 6.31. The van der Waals surface area contributed by atoms with Gasteiger partial charge in [0.05, 0.1) is 0 Å². The minimum Gasteiger partial charge on any atom is -0.356 e. The molecule has 1 heterocycles. The summed E-state index contributed by atoms with van der Waals surface area (Å²) in [6, 6.07) is 7.88. The van der Waals surface area contributed by atoms with Crippen LogP contribution in [-0.2, 0) is 19.9 Å². The van der Waals surface area contributed by atoms with Crippen molar-refractivity contribution in [1.82, 2.24) is 14.8 Å². The van der Waals surface area contributed by atoms with Crippen molar-refractivity contribution in [3.05, 3.63) is 40.7 Å². The summed E-state index contributed by atoms with van der Waals surface area (Å²) in [4.78, 5) is 4.37. The van der Waals surface area contributed by atoms with Gasteiger partial charge in [-0.2, -0.15) is 4.98 Å². The summed E-state index contributed by atoms with van der Waals surface area (Å²) in [6.07, 6.45) is 1.70. The van der Waals surface area contributed by atoms with E-state index in [0.29, 0.717) is 5.95 Å². The maximum absolute atomic E-state index is 6.11. The Kier molecular flexibility index (Phi) is 3.64. The molecule has 5 heteroatoms. The number of hydrogen-bond acceptors (Lipinski definition) is 3. The van der Waals surface area contributed by atoms with E-state index in [0.717, 1.165) is 29.3 Å². The number of anilines is 1. The zero-order valence-electron chi connectivity index (χ0n) is 9.94. The Bertz CT molecular complexity index is 507. The summed E-state index contributed by atoms with van der Waals surface area (Å²) in [6.45, 7) is 0. The Morgan fingerprint density at radius 2 is 2.06 bits per heavy atom. The van der Waals surface area contributed by atoms with E-state index in [1.54, 1.807) is 4.68 Å². The van der Waals surface area contributed by atoms with Gasteiger partial charge < -0.3 is 5.32 Å². The van der Waals surface area contributed by atoms with Gasteiger partial charge in [-0.3, -0.25) is 4.68 Å². The van der Waals surface area contributed by atoms with Crippen molar-refractivity contribution < 1.29 is 0 Å². The van der Waals surface area contributed by atoms with Gasteiger partial charge in [0.15, 0.2) is 0 Å². The monoisotopic (exact) mass is 250 g/mol. The first-order valence-corrected chi connectivity index (χ1v) is 5.89. The number of benzene rings is 1. The van der Waals surface area contributed by atoms with Crippen LogP contribution in [0.4, 0.5) is 5.95 Å². The van der Waals surface area contributed by atoms with E-state index in [1.807, 2.05) is 38.4 Å². The smallest absolute Gasteiger partial charge is 0.242 e. The standard InChI is InChI=1S/C12H15ClN4/c1-14-12-15-11(17(2)16-12)8-7-9-5-3-4-6-10(9)13/h3-6H,7-8H2,1-2H3,(H,14,16). The third-order valence-corrected chi connectivity index (χ3v) is 3.02. The largest absolute Gasteiger partial charge is 0.356 e. The Hall–Kier alpha value is -1.55. The number of rotatable bonds is 4. The molecule has 0 amide bonds. The Morgan fingerprint density at radius 3 is 2.71 bits per heavy atom. The van der Waals surface area contributed by atoms with Crippen molar-refractivity contribution in [1.29, 1.82) is 0 Å². The molecule has 0 aliphatic heterocycles. The number of aryl methyl sites for hydroxylation is 3. The zero-order valence-corrected chi connectivity index (χ0v) is 10.7. The summed E-state index contributed by atoms with van der Waals surface area (Å²) in [7, 11) is 3.71. The minimum atomic E-state index is 0.654. The van der Waals surface area contributed by atoms with Crippen LogP contribution in [-0.4, -0.2) is 21.8 Å². The maximum atomic E-state index is 6.11. The molecule has 0 radical (unpaired) electrons. The van der Waals surface area contributed by atoms with Crippen LogP contribution in [0.25, 0.3) is 0 Å². The second kappa shape index (κ2) is 5.19. The molecule has 0 spiro atoms. The van der Waals surface area contributed by atoms with Gasteiger partial charge in [0, 0.05) is 25.5 Å². The predicted octanol–water partition coefficient (Wildman–Crippen LogP) is 2.30. The second-order valence-corrected chi connectivity index (χ2v) is 4.22. The van der Waals surface area contributed by atoms with Crippen LogP contribution < -0.4 is 5.32 Å². The van der Waals surface area contributed by atoms with E-state index >= 15 is 0 Å². The molecule has 0 saturated carbocycles. The van der Waals surface area contributed by atoms with E-state index in [4.69, 9.17) is 11.6 Å². The average Bonchev–Trinajstić information content (AvgIpc) is 2.69. The van der Waals surface area contributed by atoms with E-state index in [9.17, 15) is 0 Å². The third kappa shape index (κ3) is 2.77. The summed E-state index contributed by atoms with van der Waals surface area (Å²) < 4.78 is 1.79. The fraction of sp³-hybridized carbons (Fsp3) is 0.333. The Labute approximate surface area is 106 Å². The molecular weight excluding hydrogens is 236 g/mol. The molecule has 1 aromatic carbocycles. The van der Waals surface area contributed by atoms with Gasteiger partial charge in [0.1, 0.15) is 5.82 Å². The van der Waals surface area contributed by atoms with E-state index in [1.165, 1.54) is 0 Å². The summed E-state index contributed by atoms with van der Waals surface area (Å²) in [5, 5.41) is 7.96. The number of hydrogen-bond donors (Lipinski definition) is 1. The molecule has 17 heavy (non-hydrogen) atoms. The number of nitrogens with zero attached hydrogens (tertiary/aromatic N) is 3. The van der Waals surface area contributed by atoms with Gasteiger partial charge in [-0.25, -0.2) is 0 Å². The molecular formula is C12H15ClN4. The predicted molar refractivity (Wildman–Crippen MR) is 69.4 cm³/mol. The lowest BCUT2D eigenvalue weighted by Crippen LogP contribution is -2.01. The summed E-state index contributed by atoms with van der Waals surface area (Å²) in [5.74, 6) is 1.61. The average molecular weight is 251 g/mol. The normalized spacial score (nSPS) is 10.5. The SMILES string of the molecule is CNc1nc(CCc2ccccc2Cl)n(C)n1. The van der Waals surface area contributed by atoms with Crippen LogP contribution >= 0.6 is 11.6 Å². The van der Waals surface area contributed by atoms with Crippen LogP contribution in [0.15, 0.2) is 24.3 Å². The number of aromatic nitrogens is 3. The lowest BCUT2D eigenvalue weighted by atomic mass is 10.1. The molecule has 0 unspecified atom stereocenters. The molecule has 0 aliphatic carbocycles. The first-order chi connectivity index (χ1) is 8.20. The van der Waals surface area contributed by atoms with Crippen molar-refractivity contribution in [2.75, 3.05) is 12.4 Å². The Balaban J connectivity index is 2.07. The van der Waals surface area contributed by atoms with E-state index in [-0.39, 0.29) is 0 Å². The Morgan fingerprint density at radius 1 is 1.29 bits per heavy atom. The topological polar surface area (TPSA) is 42.7 Å². The third-order valence-electron chi connectivity index (χ3n) is 2.65. The summed E-state index contributed by atoms with van der Waals surface area (Å²) >= 11 is 6.11. The molecule has 0 saturated heterocycles. The highest BCUT2D eigenvalue weighted by Gasteiger charge is 2.07. The molecule has 2 aromatic rings. The molecule has 2 rings (SSSR count). The van der Waals surface area contributed by atoms with Crippen LogP contribution in [0.3, 0.4) is 0 Å². The molecule has 0 bridgehead atoms. The minimum absolute atomic E-state index is 0.654. The lowest BCUT2D eigenvalue weighted by Gasteiger charge is -2.03. The van der Waals surface area contributed by atoms with Crippen molar-refractivity contribution >= 4 is 17.5 Å². The van der Waals surface area contributed by atoms with Gasteiger partial charge in [0.2, 0.25) is 5.95 Å². The van der Waals surface area contributed by atoms with Crippen LogP contribution in [0, 0.1) is 0 Å². The zero-order chi connectivity index (χ0) is 12.3. The van der Waals surface area contributed by atoms with E-state index < -0.39 is 0 Å². The van der Waals surface area contributed by atoms with Gasteiger partial charge in [-0.05, 0) is 18.1 Å². The fourth-order valence-corrected chi connectivity index (χ4v) is 1.92. The molecule has 0 atom stereocenters. The molecule has 0 fully saturated rings. The van der Waals surface area contributed by atoms with Gasteiger partial charge >= 0.3 is 0 Å². The molecule has 1 N–H and O–H groups in total. The molecule has 1 aromatic heterocycles. The fourth-order valence-electron chi connectivity index (χ4n) is 1.69. The molecule has 0 aliphatic rings. The van der Waals surface area contributed by atoms with Gasteiger partial charge in [-0.15, -0.1) is 5.10 Å². The van der Waals surface area contributed by atoms with Crippen LogP contribution in [0.5, 0.6) is 0 Å². The van der Waals surface area contributed by atoms with Crippen molar-refractivity contribution in [3.63, 3.8) is 0 Å². The number of nitrogens with one attached hydrogen (secondary N) is 1. The second-order valence-electron chi connectivity index (χ2n) is 3.82. The van der Waals surface area contributed by atoms with Gasteiger partial charge in [-0.1, -0.05) is 29.8 Å². The highest BCUT2D eigenvalue weighted by atomic mass is 35.5. The van der Waals surface area contributed by atoms with Crippen LogP contribution in [0.2, 0.25) is 5.02 Å². The first kappa shape index (κ1) is 11.9. The molecule has 90 valence electrons. The van der Waals surface area contributed by atoms with Crippen molar-refractivity contribution in [2.45, 2.75) is 12.8 Å². The number of halogens is 1.